The van der Waals surface area contributed by atoms with Gasteiger partial charge in [0.15, 0.2) is 5.75 Å². The fourth-order valence-electron chi connectivity index (χ4n) is 1.40. The highest BCUT2D eigenvalue weighted by Gasteiger charge is 2.11. The summed E-state index contributed by atoms with van der Waals surface area (Å²) in [6.07, 6.45) is 0.456. The number of carboxylic acids is 1. The van der Waals surface area contributed by atoms with Crippen molar-refractivity contribution in [2.24, 2.45) is 5.92 Å². The molecule has 0 saturated carbocycles. The number of benzene rings is 1. The summed E-state index contributed by atoms with van der Waals surface area (Å²) in [6, 6.07) is 3.40. The number of ether oxygens (including phenoxy) is 1. The zero-order valence-electron chi connectivity index (χ0n) is 10.4. The molecule has 0 saturated heterocycles. The minimum atomic E-state index is -0.845. The third kappa shape index (κ3) is 4.75. The highest BCUT2D eigenvalue weighted by Crippen LogP contribution is 2.34. The first-order valence-corrected chi connectivity index (χ1v) is 6.48. The quantitative estimate of drug-likeness (QED) is 0.860. The molecular weight excluding hydrogens is 275 g/mol. The Morgan fingerprint density at radius 2 is 1.89 bits per heavy atom. The summed E-state index contributed by atoms with van der Waals surface area (Å²) in [5.41, 5.74) is 0.796. The van der Waals surface area contributed by atoms with Crippen LogP contribution in [0.1, 0.15) is 25.8 Å². The van der Waals surface area contributed by atoms with E-state index in [0.717, 1.165) is 5.56 Å². The van der Waals surface area contributed by atoms with Gasteiger partial charge in [0.25, 0.3) is 0 Å². The number of hydrogen-bond donors (Lipinski definition) is 1. The van der Waals surface area contributed by atoms with Crippen molar-refractivity contribution in [2.45, 2.75) is 26.7 Å². The predicted molar refractivity (Wildman–Crippen MR) is 72.8 cm³/mol. The summed E-state index contributed by atoms with van der Waals surface area (Å²) < 4.78 is 5.53. The van der Waals surface area contributed by atoms with Gasteiger partial charge >= 0.3 is 5.97 Å². The number of rotatable bonds is 6. The van der Waals surface area contributed by atoms with E-state index < -0.39 is 5.97 Å². The molecule has 5 heteroatoms. The Labute approximate surface area is 117 Å². The smallest absolute Gasteiger partial charge is 0.303 e. The first-order valence-electron chi connectivity index (χ1n) is 5.72. The molecule has 18 heavy (non-hydrogen) atoms. The normalized spacial score (nSPS) is 10.7. The van der Waals surface area contributed by atoms with E-state index in [1.165, 1.54) is 0 Å². The lowest BCUT2D eigenvalue weighted by molar-refractivity contribution is -0.136. The van der Waals surface area contributed by atoms with Crippen LogP contribution in [0.3, 0.4) is 0 Å². The van der Waals surface area contributed by atoms with Crippen LogP contribution >= 0.6 is 23.2 Å². The molecule has 1 aromatic carbocycles. The Hall–Kier alpha value is -0.930. The lowest BCUT2D eigenvalue weighted by Gasteiger charge is -2.13. The average molecular weight is 291 g/mol. The molecule has 100 valence electrons. The lowest BCUT2D eigenvalue weighted by atomic mass is 10.1. The average Bonchev–Trinajstić information content (AvgIpc) is 2.24. The van der Waals surface area contributed by atoms with Crippen molar-refractivity contribution in [3.63, 3.8) is 0 Å². The maximum absolute atomic E-state index is 10.5. The molecular formula is C13H16Cl2O3. The van der Waals surface area contributed by atoms with Crippen LogP contribution in [0, 0.1) is 5.92 Å². The van der Waals surface area contributed by atoms with Gasteiger partial charge in [0, 0.05) is 6.42 Å². The third-order valence-corrected chi connectivity index (χ3v) is 2.81. The fraction of sp³-hybridized carbons (Fsp3) is 0.462. The van der Waals surface area contributed by atoms with Crippen LogP contribution in [0.15, 0.2) is 12.1 Å². The second-order valence-corrected chi connectivity index (χ2v) is 5.30. The fourth-order valence-corrected chi connectivity index (χ4v) is 2.04. The molecule has 0 heterocycles. The van der Waals surface area contributed by atoms with Gasteiger partial charge in [-0.2, -0.15) is 0 Å². The van der Waals surface area contributed by atoms with Crippen molar-refractivity contribution in [1.82, 2.24) is 0 Å². The summed E-state index contributed by atoms with van der Waals surface area (Å²) in [6.45, 7) is 4.60. The summed E-state index contributed by atoms with van der Waals surface area (Å²) >= 11 is 12.2. The molecule has 0 atom stereocenters. The number of aryl methyl sites for hydroxylation is 1. The molecule has 0 radical (unpaired) electrons. The van der Waals surface area contributed by atoms with Crippen molar-refractivity contribution in [3.05, 3.63) is 27.7 Å². The number of hydrogen-bond acceptors (Lipinski definition) is 2. The van der Waals surface area contributed by atoms with E-state index in [9.17, 15) is 4.79 Å². The molecule has 0 aliphatic rings. The van der Waals surface area contributed by atoms with Crippen molar-refractivity contribution in [2.75, 3.05) is 6.61 Å². The number of halogens is 2. The molecule has 0 bridgehead atoms. The van der Waals surface area contributed by atoms with Crippen LogP contribution in [0.25, 0.3) is 0 Å². The van der Waals surface area contributed by atoms with E-state index in [1.54, 1.807) is 12.1 Å². The maximum atomic E-state index is 10.5. The summed E-state index contributed by atoms with van der Waals surface area (Å²) in [7, 11) is 0. The van der Waals surface area contributed by atoms with E-state index in [-0.39, 0.29) is 6.42 Å². The zero-order valence-corrected chi connectivity index (χ0v) is 11.9. The van der Waals surface area contributed by atoms with E-state index in [4.69, 9.17) is 33.0 Å². The Morgan fingerprint density at radius 1 is 1.33 bits per heavy atom. The van der Waals surface area contributed by atoms with Crippen LogP contribution < -0.4 is 4.74 Å². The van der Waals surface area contributed by atoms with Crippen LogP contribution in [0.4, 0.5) is 0 Å². The van der Waals surface area contributed by atoms with Crippen LogP contribution in [-0.4, -0.2) is 17.7 Å². The topological polar surface area (TPSA) is 46.5 Å². The zero-order chi connectivity index (χ0) is 13.7. The van der Waals surface area contributed by atoms with Gasteiger partial charge in [-0.3, -0.25) is 4.79 Å². The Bertz CT molecular complexity index is 407. The molecule has 0 aromatic heterocycles. The molecule has 1 N–H and O–H groups in total. The van der Waals surface area contributed by atoms with Crippen LogP contribution in [0.2, 0.25) is 10.0 Å². The number of carboxylic acid groups (broad SMARTS) is 1. The SMILES string of the molecule is CC(C)COc1c(Cl)cc(CCC(=O)O)cc1Cl. The van der Waals surface area contributed by atoms with Crippen molar-refractivity contribution >= 4 is 29.2 Å². The van der Waals surface area contributed by atoms with E-state index in [2.05, 4.69) is 0 Å². The maximum Gasteiger partial charge on any atom is 0.303 e. The molecule has 1 aromatic rings. The van der Waals surface area contributed by atoms with Gasteiger partial charge in [0.2, 0.25) is 0 Å². The Morgan fingerprint density at radius 3 is 2.33 bits per heavy atom. The molecule has 0 amide bonds. The summed E-state index contributed by atoms with van der Waals surface area (Å²) in [5, 5.41) is 9.46. The Kier molecular flexibility index (Phi) is 5.76. The first kappa shape index (κ1) is 15.1. The standard InChI is InChI=1S/C13H16Cl2O3/c1-8(2)7-18-13-10(14)5-9(6-11(13)15)3-4-12(16)17/h5-6,8H,3-4,7H2,1-2H3,(H,16,17). The van der Waals surface area contributed by atoms with Crippen LogP contribution in [0.5, 0.6) is 5.75 Å². The van der Waals surface area contributed by atoms with Gasteiger partial charge in [-0.05, 0) is 30.0 Å². The van der Waals surface area contributed by atoms with Gasteiger partial charge in [-0.1, -0.05) is 37.0 Å². The lowest BCUT2D eigenvalue weighted by Crippen LogP contribution is -2.05. The summed E-state index contributed by atoms with van der Waals surface area (Å²) in [4.78, 5) is 10.5. The highest BCUT2D eigenvalue weighted by atomic mass is 35.5. The van der Waals surface area contributed by atoms with E-state index >= 15 is 0 Å². The van der Waals surface area contributed by atoms with Gasteiger partial charge in [0.1, 0.15) is 0 Å². The first-order chi connectivity index (χ1) is 8.40. The molecule has 0 aliphatic heterocycles. The monoisotopic (exact) mass is 290 g/mol. The van der Waals surface area contributed by atoms with Crippen molar-refractivity contribution in [3.8, 4) is 5.75 Å². The second kappa shape index (κ2) is 6.86. The van der Waals surface area contributed by atoms with Gasteiger partial charge < -0.3 is 9.84 Å². The molecule has 0 fully saturated rings. The largest absolute Gasteiger partial charge is 0.490 e. The molecule has 0 spiro atoms. The van der Waals surface area contributed by atoms with E-state index in [0.29, 0.717) is 34.7 Å². The predicted octanol–water partition coefficient (Wildman–Crippen LogP) is 4.05. The van der Waals surface area contributed by atoms with Gasteiger partial charge in [0.05, 0.1) is 16.7 Å². The molecule has 1 rings (SSSR count). The highest BCUT2D eigenvalue weighted by molar-refractivity contribution is 6.37. The number of carbonyl (C=O) groups is 1. The molecule has 0 aliphatic carbocycles. The summed E-state index contributed by atoms with van der Waals surface area (Å²) in [5.74, 6) is -0.00249. The van der Waals surface area contributed by atoms with E-state index in [1.807, 2.05) is 13.8 Å². The minimum absolute atomic E-state index is 0.0544. The molecule has 0 unspecified atom stereocenters. The van der Waals surface area contributed by atoms with Crippen molar-refractivity contribution in [1.29, 1.82) is 0 Å². The van der Waals surface area contributed by atoms with Gasteiger partial charge in [-0.25, -0.2) is 0 Å². The van der Waals surface area contributed by atoms with Gasteiger partial charge in [-0.15, -0.1) is 0 Å². The number of aliphatic carboxylic acids is 1. The van der Waals surface area contributed by atoms with Crippen molar-refractivity contribution < 1.29 is 14.6 Å². The second-order valence-electron chi connectivity index (χ2n) is 4.49. The van der Waals surface area contributed by atoms with Crippen LogP contribution in [-0.2, 0) is 11.2 Å². The third-order valence-electron chi connectivity index (χ3n) is 2.25. The minimum Gasteiger partial charge on any atom is -0.490 e. The Balaban J connectivity index is 2.80. The molecule has 3 nitrogen and oxygen atoms in total.